The van der Waals surface area contributed by atoms with Gasteiger partial charge in [0.2, 0.25) is 0 Å². The maximum atomic E-state index is 14.4. The maximum absolute atomic E-state index is 14.4. The van der Waals surface area contributed by atoms with Crippen molar-refractivity contribution in [2.24, 2.45) is 16.8 Å². The highest BCUT2D eigenvalue weighted by Gasteiger charge is 2.23. The van der Waals surface area contributed by atoms with E-state index in [1.54, 1.807) is 12.1 Å². The van der Waals surface area contributed by atoms with Gasteiger partial charge < -0.3 is 20.3 Å². The van der Waals surface area contributed by atoms with Crippen LogP contribution in [-0.4, -0.2) is 50.2 Å². The minimum Gasteiger partial charge on any atom is -0.490 e. The Hall–Kier alpha value is -1.82. The number of nitrogens with one attached hydrogen (secondary N) is 2. The van der Waals surface area contributed by atoms with E-state index in [4.69, 9.17) is 9.73 Å². The number of guanidine groups is 1. The molecule has 1 heterocycles. The summed E-state index contributed by atoms with van der Waals surface area (Å²) >= 11 is 0. The van der Waals surface area contributed by atoms with Gasteiger partial charge in [-0.2, -0.15) is 0 Å². The van der Waals surface area contributed by atoms with E-state index < -0.39 is 0 Å². The van der Waals surface area contributed by atoms with E-state index in [-0.39, 0.29) is 11.9 Å². The molecule has 162 valence electrons. The van der Waals surface area contributed by atoms with Gasteiger partial charge in [-0.15, -0.1) is 0 Å². The van der Waals surface area contributed by atoms with Crippen molar-refractivity contribution in [2.45, 2.75) is 52.5 Å². The number of nitrogens with zero attached hydrogens (tertiary/aromatic N) is 2. The Morgan fingerprint density at radius 1 is 1.28 bits per heavy atom. The fourth-order valence-corrected chi connectivity index (χ4v) is 3.81. The standard InChI is InChI=1S/C23H37FN4O/c1-4-25-23(26-14-19-7-6-12-28(5-2)15-19)27-17(3)20-10-11-22(21(24)13-20)29-16-18-8-9-18/h10-11,13,17-19H,4-9,12,14-16H2,1-3H3,(H2,25,26,27). The second kappa shape index (κ2) is 10.8. The molecule has 2 unspecified atom stereocenters. The lowest BCUT2D eigenvalue weighted by Crippen LogP contribution is -2.40. The van der Waals surface area contributed by atoms with Gasteiger partial charge in [-0.05, 0) is 82.2 Å². The zero-order valence-electron chi connectivity index (χ0n) is 18.2. The molecule has 1 saturated carbocycles. The number of hydrogen-bond donors (Lipinski definition) is 2. The second-order valence-electron chi connectivity index (χ2n) is 8.43. The quantitative estimate of drug-likeness (QED) is 0.483. The predicted molar refractivity (Wildman–Crippen MR) is 117 cm³/mol. The molecule has 0 spiro atoms. The van der Waals surface area contributed by atoms with Crippen molar-refractivity contribution in [2.75, 3.05) is 39.3 Å². The first-order chi connectivity index (χ1) is 14.1. The van der Waals surface area contributed by atoms with Crippen molar-refractivity contribution < 1.29 is 9.13 Å². The molecule has 2 atom stereocenters. The second-order valence-corrected chi connectivity index (χ2v) is 8.43. The van der Waals surface area contributed by atoms with Crippen LogP contribution in [0.4, 0.5) is 4.39 Å². The van der Waals surface area contributed by atoms with Crippen molar-refractivity contribution in [1.82, 2.24) is 15.5 Å². The van der Waals surface area contributed by atoms with Gasteiger partial charge in [-0.3, -0.25) is 4.99 Å². The van der Waals surface area contributed by atoms with Gasteiger partial charge in [0, 0.05) is 19.6 Å². The van der Waals surface area contributed by atoms with E-state index in [9.17, 15) is 4.39 Å². The molecule has 2 N–H and O–H groups in total. The van der Waals surface area contributed by atoms with Crippen LogP contribution in [0.2, 0.25) is 0 Å². The van der Waals surface area contributed by atoms with E-state index in [1.807, 2.05) is 13.0 Å². The predicted octanol–water partition coefficient (Wildman–Crippen LogP) is 3.96. The minimum atomic E-state index is -0.291. The Bertz CT molecular complexity index is 677. The zero-order chi connectivity index (χ0) is 20.6. The monoisotopic (exact) mass is 404 g/mol. The van der Waals surface area contributed by atoms with Crippen LogP contribution < -0.4 is 15.4 Å². The highest BCUT2D eigenvalue weighted by Crippen LogP contribution is 2.30. The Morgan fingerprint density at radius 3 is 2.79 bits per heavy atom. The summed E-state index contributed by atoms with van der Waals surface area (Å²) in [4.78, 5) is 7.32. The highest BCUT2D eigenvalue weighted by molar-refractivity contribution is 5.80. The summed E-state index contributed by atoms with van der Waals surface area (Å²) in [5, 5.41) is 6.74. The molecular weight excluding hydrogens is 367 g/mol. The zero-order valence-corrected chi connectivity index (χ0v) is 18.2. The van der Waals surface area contributed by atoms with Crippen LogP contribution >= 0.6 is 0 Å². The summed E-state index contributed by atoms with van der Waals surface area (Å²) in [6.45, 7) is 12.0. The smallest absolute Gasteiger partial charge is 0.191 e. The van der Waals surface area contributed by atoms with Crippen LogP contribution in [0.15, 0.2) is 23.2 Å². The van der Waals surface area contributed by atoms with E-state index in [1.165, 1.54) is 32.2 Å². The molecule has 0 aromatic heterocycles. The van der Waals surface area contributed by atoms with Gasteiger partial charge in [0.25, 0.3) is 0 Å². The molecule has 1 aliphatic heterocycles. The summed E-state index contributed by atoms with van der Waals surface area (Å²) in [5.74, 6) is 2.08. The molecule has 1 aromatic rings. The van der Waals surface area contributed by atoms with Crippen LogP contribution in [0.5, 0.6) is 5.75 Å². The Morgan fingerprint density at radius 2 is 2.10 bits per heavy atom. The van der Waals surface area contributed by atoms with Gasteiger partial charge in [-0.1, -0.05) is 13.0 Å². The molecule has 1 aliphatic carbocycles. The van der Waals surface area contributed by atoms with E-state index in [2.05, 4.69) is 29.4 Å². The highest BCUT2D eigenvalue weighted by atomic mass is 19.1. The molecule has 2 aliphatic rings. The number of likely N-dealkylation sites (tertiary alicyclic amines) is 1. The number of hydrogen-bond acceptors (Lipinski definition) is 3. The first-order valence-corrected chi connectivity index (χ1v) is 11.3. The summed E-state index contributed by atoms with van der Waals surface area (Å²) in [6, 6.07) is 5.21. The number of rotatable bonds is 9. The molecule has 1 aromatic carbocycles. The molecule has 3 rings (SSSR count). The molecule has 2 fully saturated rings. The van der Waals surface area contributed by atoms with Crippen LogP contribution in [0.1, 0.15) is 58.1 Å². The van der Waals surface area contributed by atoms with Crippen LogP contribution in [0.3, 0.4) is 0 Å². The van der Waals surface area contributed by atoms with Gasteiger partial charge in [0.05, 0.1) is 12.6 Å². The third kappa shape index (κ3) is 6.88. The van der Waals surface area contributed by atoms with Crippen molar-refractivity contribution in [3.63, 3.8) is 0 Å². The SMILES string of the molecule is CCNC(=NCC1CCCN(CC)C1)NC(C)c1ccc(OCC2CC2)c(F)c1. The molecule has 6 heteroatoms. The minimum absolute atomic E-state index is 0.0433. The largest absolute Gasteiger partial charge is 0.490 e. The number of aliphatic imine (C=N–C) groups is 1. The Kier molecular flexibility index (Phi) is 8.16. The van der Waals surface area contributed by atoms with Crippen molar-refractivity contribution in [1.29, 1.82) is 0 Å². The van der Waals surface area contributed by atoms with E-state index in [0.717, 1.165) is 37.7 Å². The summed E-state index contributed by atoms with van der Waals surface area (Å²) in [6.07, 6.45) is 4.89. The number of benzene rings is 1. The van der Waals surface area contributed by atoms with Crippen molar-refractivity contribution >= 4 is 5.96 Å². The lowest BCUT2D eigenvalue weighted by molar-refractivity contribution is 0.186. The van der Waals surface area contributed by atoms with Gasteiger partial charge in [0.1, 0.15) is 0 Å². The lowest BCUT2D eigenvalue weighted by atomic mass is 9.98. The number of piperidine rings is 1. The molecule has 5 nitrogen and oxygen atoms in total. The van der Waals surface area contributed by atoms with Crippen LogP contribution in [-0.2, 0) is 0 Å². The average molecular weight is 405 g/mol. The summed E-state index contributed by atoms with van der Waals surface area (Å²) in [7, 11) is 0. The average Bonchev–Trinajstić information content (AvgIpc) is 3.56. The van der Waals surface area contributed by atoms with Crippen molar-refractivity contribution in [3.05, 3.63) is 29.6 Å². The molecular formula is C23H37FN4O. The lowest BCUT2D eigenvalue weighted by Gasteiger charge is -2.31. The normalized spacial score (nSPS) is 21.7. The summed E-state index contributed by atoms with van der Waals surface area (Å²) < 4.78 is 20.0. The van der Waals surface area contributed by atoms with Crippen LogP contribution in [0.25, 0.3) is 0 Å². The van der Waals surface area contributed by atoms with Gasteiger partial charge in [-0.25, -0.2) is 4.39 Å². The van der Waals surface area contributed by atoms with E-state index in [0.29, 0.717) is 24.2 Å². The molecule has 0 radical (unpaired) electrons. The molecule has 0 bridgehead atoms. The molecule has 29 heavy (non-hydrogen) atoms. The molecule has 1 saturated heterocycles. The van der Waals surface area contributed by atoms with Crippen LogP contribution in [0, 0.1) is 17.7 Å². The Labute approximate surface area is 175 Å². The number of halogens is 1. The summed E-state index contributed by atoms with van der Waals surface area (Å²) in [5.41, 5.74) is 0.890. The van der Waals surface area contributed by atoms with Gasteiger partial charge >= 0.3 is 0 Å². The third-order valence-corrected chi connectivity index (χ3v) is 5.88. The fraction of sp³-hybridized carbons (Fsp3) is 0.696. The molecule has 0 amide bonds. The first kappa shape index (κ1) is 21.9. The van der Waals surface area contributed by atoms with E-state index >= 15 is 0 Å². The maximum Gasteiger partial charge on any atom is 0.191 e. The van der Waals surface area contributed by atoms with Crippen molar-refractivity contribution in [3.8, 4) is 5.75 Å². The Balaban J connectivity index is 1.56. The number of ether oxygens (including phenoxy) is 1. The van der Waals surface area contributed by atoms with Gasteiger partial charge in [0.15, 0.2) is 17.5 Å². The topological polar surface area (TPSA) is 48.9 Å². The third-order valence-electron chi connectivity index (χ3n) is 5.88. The first-order valence-electron chi connectivity index (χ1n) is 11.3. The fourth-order valence-electron chi connectivity index (χ4n) is 3.81.